The lowest BCUT2D eigenvalue weighted by Gasteiger charge is -2.22. The van der Waals surface area contributed by atoms with Gasteiger partial charge < -0.3 is 15.0 Å². The Hall–Kier alpha value is -2.82. The Kier molecular flexibility index (Phi) is 6.78. The van der Waals surface area contributed by atoms with Gasteiger partial charge in [0.1, 0.15) is 5.75 Å². The second kappa shape index (κ2) is 9.04. The maximum absolute atomic E-state index is 12.5. The van der Waals surface area contributed by atoms with Crippen LogP contribution in [-0.4, -0.2) is 36.4 Å². The van der Waals surface area contributed by atoms with Gasteiger partial charge in [0.2, 0.25) is 5.91 Å². The van der Waals surface area contributed by atoms with E-state index in [0.717, 1.165) is 23.2 Å². The summed E-state index contributed by atoms with van der Waals surface area (Å²) in [4.78, 5) is 26.1. The van der Waals surface area contributed by atoms with Crippen LogP contribution in [0.25, 0.3) is 0 Å². The van der Waals surface area contributed by atoms with Crippen molar-refractivity contribution in [2.24, 2.45) is 0 Å². The van der Waals surface area contributed by atoms with Gasteiger partial charge in [0.25, 0.3) is 5.91 Å². The number of rotatable bonds is 7. The van der Waals surface area contributed by atoms with Crippen LogP contribution in [0.5, 0.6) is 5.75 Å². The number of nitrogens with zero attached hydrogens (tertiary/aromatic N) is 1. The maximum atomic E-state index is 12.5. The topological polar surface area (TPSA) is 58.6 Å². The molecule has 1 N–H and O–H groups in total. The Balaban J connectivity index is 1.92. The first-order valence-electron chi connectivity index (χ1n) is 8.76. The van der Waals surface area contributed by atoms with Crippen LogP contribution >= 0.6 is 0 Å². The number of nitrogens with one attached hydrogen (secondary N) is 1. The third-order valence-corrected chi connectivity index (χ3v) is 4.08. The minimum atomic E-state index is -0.669. The average Bonchev–Trinajstić information content (AvgIpc) is 2.61. The molecule has 0 aliphatic heterocycles. The molecule has 1 atom stereocenters. The normalized spacial score (nSPS) is 11.5. The van der Waals surface area contributed by atoms with Gasteiger partial charge in [0, 0.05) is 12.7 Å². The van der Waals surface area contributed by atoms with E-state index in [1.807, 2.05) is 62.4 Å². The van der Waals surface area contributed by atoms with Crippen LogP contribution in [0, 0.1) is 6.92 Å². The molecule has 2 rings (SSSR count). The van der Waals surface area contributed by atoms with Gasteiger partial charge in [0.15, 0.2) is 6.10 Å². The highest BCUT2D eigenvalue weighted by Crippen LogP contribution is 2.16. The highest BCUT2D eigenvalue weighted by molar-refractivity contribution is 5.95. The summed E-state index contributed by atoms with van der Waals surface area (Å²) < 4.78 is 5.69. The Labute approximate surface area is 155 Å². The molecule has 0 bridgehead atoms. The van der Waals surface area contributed by atoms with Crippen molar-refractivity contribution in [3.05, 3.63) is 59.7 Å². The summed E-state index contributed by atoms with van der Waals surface area (Å²) in [7, 11) is 1.60. The van der Waals surface area contributed by atoms with Crippen LogP contribution in [0.1, 0.15) is 25.0 Å². The van der Waals surface area contributed by atoms with E-state index in [1.165, 1.54) is 4.90 Å². The SMILES string of the molecule is CCc1ccccc1NC(=O)CN(C)C(=O)C(C)Oc1cccc(C)c1. The van der Waals surface area contributed by atoms with Crippen molar-refractivity contribution in [2.75, 3.05) is 18.9 Å². The molecule has 0 aliphatic rings. The molecule has 0 fully saturated rings. The minimum absolute atomic E-state index is 0.0294. The molecule has 0 heterocycles. The molecule has 0 radical (unpaired) electrons. The van der Waals surface area contributed by atoms with E-state index in [9.17, 15) is 9.59 Å². The van der Waals surface area contributed by atoms with Crippen molar-refractivity contribution in [1.29, 1.82) is 0 Å². The number of aryl methyl sites for hydroxylation is 2. The second-order valence-electron chi connectivity index (χ2n) is 6.33. The summed E-state index contributed by atoms with van der Waals surface area (Å²) in [6.07, 6.45) is 0.157. The number of likely N-dealkylation sites (N-methyl/N-ethyl adjacent to an activating group) is 1. The van der Waals surface area contributed by atoms with E-state index >= 15 is 0 Å². The van der Waals surface area contributed by atoms with Crippen LogP contribution in [0.15, 0.2) is 48.5 Å². The molecular formula is C21H26N2O3. The van der Waals surface area contributed by atoms with Gasteiger partial charge in [0.05, 0.1) is 6.54 Å². The molecule has 138 valence electrons. The zero-order valence-electron chi connectivity index (χ0n) is 15.8. The molecule has 5 nitrogen and oxygen atoms in total. The van der Waals surface area contributed by atoms with Gasteiger partial charge in [-0.25, -0.2) is 0 Å². The molecule has 2 amide bonds. The van der Waals surface area contributed by atoms with E-state index in [4.69, 9.17) is 4.74 Å². The quantitative estimate of drug-likeness (QED) is 0.829. The van der Waals surface area contributed by atoms with Gasteiger partial charge in [-0.2, -0.15) is 0 Å². The molecule has 5 heteroatoms. The fraction of sp³-hybridized carbons (Fsp3) is 0.333. The van der Waals surface area contributed by atoms with Crippen LogP contribution in [0.2, 0.25) is 0 Å². The van der Waals surface area contributed by atoms with E-state index in [2.05, 4.69) is 5.32 Å². The van der Waals surface area contributed by atoms with Gasteiger partial charge >= 0.3 is 0 Å². The summed E-state index contributed by atoms with van der Waals surface area (Å²) >= 11 is 0. The van der Waals surface area contributed by atoms with E-state index in [0.29, 0.717) is 5.75 Å². The van der Waals surface area contributed by atoms with Crippen molar-refractivity contribution < 1.29 is 14.3 Å². The first-order chi connectivity index (χ1) is 12.4. The third-order valence-electron chi connectivity index (χ3n) is 4.08. The van der Waals surface area contributed by atoms with Crippen molar-refractivity contribution in [3.8, 4) is 5.75 Å². The van der Waals surface area contributed by atoms with Crippen molar-refractivity contribution in [2.45, 2.75) is 33.3 Å². The van der Waals surface area contributed by atoms with Crippen LogP contribution in [0.4, 0.5) is 5.69 Å². The molecule has 0 aliphatic carbocycles. The highest BCUT2D eigenvalue weighted by Gasteiger charge is 2.21. The molecule has 2 aromatic rings. The Morgan fingerprint density at radius 2 is 1.88 bits per heavy atom. The van der Waals surface area contributed by atoms with Crippen molar-refractivity contribution >= 4 is 17.5 Å². The predicted molar refractivity (Wildman–Crippen MR) is 103 cm³/mol. The number of anilines is 1. The molecule has 0 saturated heterocycles. The number of carbonyl (C=O) groups is 2. The summed E-state index contributed by atoms with van der Waals surface area (Å²) in [5.74, 6) is 0.163. The Morgan fingerprint density at radius 1 is 1.15 bits per heavy atom. The lowest BCUT2D eigenvalue weighted by molar-refractivity contribution is -0.139. The fourth-order valence-electron chi connectivity index (χ4n) is 2.69. The van der Waals surface area contributed by atoms with Gasteiger partial charge in [-0.1, -0.05) is 37.3 Å². The molecular weight excluding hydrogens is 328 g/mol. The standard InChI is InChI=1S/C21H26N2O3/c1-5-17-10-6-7-12-19(17)22-20(24)14-23(4)21(25)16(3)26-18-11-8-9-15(2)13-18/h6-13,16H,5,14H2,1-4H3,(H,22,24). The lowest BCUT2D eigenvalue weighted by atomic mass is 10.1. The van der Waals surface area contributed by atoms with E-state index in [1.54, 1.807) is 14.0 Å². The monoisotopic (exact) mass is 354 g/mol. The number of carbonyl (C=O) groups excluding carboxylic acids is 2. The molecule has 0 spiro atoms. The highest BCUT2D eigenvalue weighted by atomic mass is 16.5. The molecule has 1 unspecified atom stereocenters. The number of hydrogen-bond acceptors (Lipinski definition) is 3. The summed E-state index contributed by atoms with van der Waals surface area (Å²) in [5, 5.41) is 2.87. The molecule has 2 aromatic carbocycles. The third kappa shape index (κ3) is 5.34. The number of hydrogen-bond donors (Lipinski definition) is 1. The smallest absolute Gasteiger partial charge is 0.263 e. The molecule has 0 aromatic heterocycles. The first kappa shape index (κ1) is 19.5. The number of amides is 2. The van der Waals surface area contributed by atoms with E-state index < -0.39 is 6.10 Å². The van der Waals surface area contributed by atoms with Gasteiger partial charge in [-0.15, -0.1) is 0 Å². The van der Waals surface area contributed by atoms with Gasteiger partial charge in [-0.3, -0.25) is 9.59 Å². The predicted octanol–water partition coefficient (Wildman–Crippen LogP) is 3.42. The van der Waals surface area contributed by atoms with Crippen LogP contribution in [-0.2, 0) is 16.0 Å². The summed E-state index contributed by atoms with van der Waals surface area (Å²) in [6, 6.07) is 15.2. The number of benzene rings is 2. The number of ether oxygens (including phenoxy) is 1. The van der Waals surface area contributed by atoms with Crippen molar-refractivity contribution in [1.82, 2.24) is 4.90 Å². The zero-order valence-corrected chi connectivity index (χ0v) is 15.8. The lowest BCUT2D eigenvalue weighted by Crippen LogP contribution is -2.42. The molecule has 26 heavy (non-hydrogen) atoms. The largest absolute Gasteiger partial charge is 0.481 e. The Bertz CT molecular complexity index is 773. The summed E-state index contributed by atoms with van der Waals surface area (Å²) in [6.45, 7) is 5.65. The van der Waals surface area contributed by atoms with Gasteiger partial charge in [-0.05, 0) is 49.6 Å². The van der Waals surface area contributed by atoms with Crippen LogP contribution in [0.3, 0.4) is 0 Å². The maximum Gasteiger partial charge on any atom is 0.263 e. The zero-order chi connectivity index (χ0) is 19.1. The number of para-hydroxylation sites is 1. The first-order valence-corrected chi connectivity index (χ1v) is 8.76. The molecule has 0 saturated carbocycles. The Morgan fingerprint density at radius 3 is 2.58 bits per heavy atom. The second-order valence-corrected chi connectivity index (χ2v) is 6.33. The average molecular weight is 354 g/mol. The van der Waals surface area contributed by atoms with E-state index in [-0.39, 0.29) is 18.4 Å². The summed E-state index contributed by atoms with van der Waals surface area (Å²) in [5.41, 5.74) is 2.90. The fourth-order valence-corrected chi connectivity index (χ4v) is 2.69. The van der Waals surface area contributed by atoms with Crippen molar-refractivity contribution in [3.63, 3.8) is 0 Å². The van der Waals surface area contributed by atoms with Crippen LogP contribution < -0.4 is 10.1 Å². The minimum Gasteiger partial charge on any atom is -0.481 e.